The summed E-state index contributed by atoms with van der Waals surface area (Å²) in [4.78, 5) is 49.8. The molecule has 58 heavy (non-hydrogen) atoms. The lowest BCUT2D eigenvalue weighted by Gasteiger charge is -2.17. The van der Waals surface area contributed by atoms with Crippen molar-refractivity contribution in [3.63, 3.8) is 0 Å². The molecule has 2 N–H and O–H groups in total. The van der Waals surface area contributed by atoms with Gasteiger partial charge in [-0.1, -0.05) is 206 Å². The molecule has 1 unspecified atom stereocenters. The number of hydrogen-bond donors (Lipinski definition) is 2. The van der Waals surface area contributed by atoms with Gasteiger partial charge in [-0.15, -0.1) is 0 Å². The zero-order valence-electron chi connectivity index (χ0n) is 37.4. The number of nitrogens with one attached hydrogen (secondary N) is 1. The lowest BCUT2D eigenvalue weighted by atomic mass is 10.0. The van der Waals surface area contributed by atoms with Crippen LogP contribution in [0.2, 0.25) is 0 Å². The number of carbonyl (C=O) groups is 4. The van der Waals surface area contributed by atoms with Crippen molar-refractivity contribution in [2.45, 2.75) is 245 Å². The normalized spacial score (nSPS) is 11.7. The summed E-state index contributed by atoms with van der Waals surface area (Å²) in [6.45, 7) is 4.94. The molecule has 0 saturated heterocycles. The number of aromatic nitrogens is 1. The molecule has 0 bridgehead atoms. The number of aliphatic carboxylic acids is 1. The Balaban J connectivity index is 2.29. The highest BCUT2D eigenvalue weighted by Gasteiger charge is 2.25. The summed E-state index contributed by atoms with van der Waals surface area (Å²) in [7, 11) is 0. The fourth-order valence-electron chi connectivity index (χ4n) is 7.45. The molecule has 1 atom stereocenters. The van der Waals surface area contributed by atoms with E-state index in [0.29, 0.717) is 6.61 Å². The van der Waals surface area contributed by atoms with Gasteiger partial charge in [0, 0.05) is 18.6 Å². The fourth-order valence-corrected chi connectivity index (χ4v) is 7.45. The van der Waals surface area contributed by atoms with Crippen LogP contribution in [-0.2, 0) is 30.4 Å². The predicted molar refractivity (Wildman–Crippen MR) is 236 cm³/mol. The van der Waals surface area contributed by atoms with Gasteiger partial charge in [0.1, 0.15) is 6.04 Å². The summed E-state index contributed by atoms with van der Waals surface area (Å²) < 4.78 is 12.5. The van der Waals surface area contributed by atoms with Crippen LogP contribution in [0.25, 0.3) is 0 Å². The number of nitrogens with zero attached hydrogens (tertiary/aromatic N) is 1. The van der Waals surface area contributed by atoms with Gasteiger partial charge >= 0.3 is 17.9 Å². The maximum absolute atomic E-state index is 13.1. The second kappa shape index (κ2) is 39.5. The van der Waals surface area contributed by atoms with E-state index in [1.54, 1.807) is 0 Å². The van der Waals surface area contributed by atoms with Gasteiger partial charge in [-0.3, -0.25) is 9.59 Å². The number of pyridine rings is 1. The summed E-state index contributed by atoms with van der Waals surface area (Å²) in [6, 6.07) is 2.01. The van der Waals surface area contributed by atoms with Crippen molar-refractivity contribution in [3.8, 4) is 0 Å². The van der Waals surface area contributed by atoms with Crippen LogP contribution in [0.1, 0.15) is 243 Å². The average molecular weight is 816 g/mol. The molecule has 9 nitrogen and oxygen atoms in total. The molecule has 334 valence electrons. The number of ether oxygens (including phenoxy) is 2. The second-order valence-corrected chi connectivity index (χ2v) is 16.7. The average Bonchev–Trinajstić information content (AvgIpc) is 3.21. The lowest BCUT2D eigenvalue weighted by Crippen LogP contribution is -2.43. The number of unbranched alkanes of at least 4 members (excludes halogenated alkanes) is 30. The van der Waals surface area contributed by atoms with Crippen molar-refractivity contribution in [2.75, 3.05) is 13.2 Å². The third-order valence-electron chi connectivity index (χ3n) is 11.2. The Labute approximate surface area is 354 Å². The van der Waals surface area contributed by atoms with E-state index in [1.165, 1.54) is 196 Å². The molecule has 0 aliphatic rings. The predicted octanol–water partition coefficient (Wildman–Crippen LogP) is 12.5. The summed E-state index contributed by atoms with van der Waals surface area (Å²) >= 11 is 0. The Morgan fingerprint density at radius 3 is 1.24 bits per heavy atom. The minimum Gasteiger partial charge on any atom is -0.477 e. The molecule has 0 fully saturated rings. The standard InChI is InChI=1S/C49H86N2O7/c1-3-5-7-9-11-13-15-17-19-21-23-25-27-29-31-33-41-57-47(54)36-35-45(50-48(55)44-37-39-51(40-38-44)43-46(52)53)49(56)58-42-34-32-30-28-26-24-22-20-18-16-14-12-10-8-6-4-2/h37-40,45H,3-36,41-43H2,1-2H3,(H-,50,52,53,55)/p+1. The molecule has 0 spiro atoms. The highest BCUT2D eigenvalue weighted by molar-refractivity contribution is 5.96. The van der Waals surface area contributed by atoms with Crippen LogP contribution < -0.4 is 9.88 Å². The summed E-state index contributed by atoms with van der Waals surface area (Å²) in [5, 5.41) is 11.8. The zero-order valence-corrected chi connectivity index (χ0v) is 37.4. The minimum atomic E-state index is -0.997. The van der Waals surface area contributed by atoms with Gasteiger partial charge in [0.2, 0.25) is 6.54 Å². The van der Waals surface area contributed by atoms with Gasteiger partial charge in [0.05, 0.1) is 18.8 Å². The monoisotopic (exact) mass is 816 g/mol. The molecule has 1 amide bonds. The van der Waals surface area contributed by atoms with Crippen LogP contribution in [0.4, 0.5) is 0 Å². The largest absolute Gasteiger partial charge is 0.477 e. The van der Waals surface area contributed by atoms with Crippen molar-refractivity contribution in [1.82, 2.24) is 5.32 Å². The molecule has 0 aliphatic heterocycles. The van der Waals surface area contributed by atoms with Crippen LogP contribution in [0.3, 0.4) is 0 Å². The van der Waals surface area contributed by atoms with Gasteiger partial charge < -0.3 is 19.9 Å². The first-order valence-electron chi connectivity index (χ1n) is 24.2. The Morgan fingerprint density at radius 2 is 0.879 bits per heavy atom. The summed E-state index contributed by atoms with van der Waals surface area (Å²) in [6.07, 6.45) is 43.8. The molecule has 0 aliphatic carbocycles. The Bertz CT molecular complexity index is 1140. The maximum Gasteiger partial charge on any atom is 0.370 e. The minimum absolute atomic E-state index is 0.00858. The number of rotatable bonds is 42. The highest BCUT2D eigenvalue weighted by atomic mass is 16.5. The first kappa shape index (κ1) is 53.0. The van der Waals surface area contributed by atoms with E-state index in [9.17, 15) is 19.2 Å². The number of amides is 1. The molecule has 0 radical (unpaired) electrons. The number of hydrogen-bond acceptors (Lipinski definition) is 6. The summed E-state index contributed by atoms with van der Waals surface area (Å²) in [5.41, 5.74) is 0.281. The van der Waals surface area contributed by atoms with Gasteiger partial charge in [-0.2, -0.15) is 4.57 Å². The molecule has 0 aromatic carbocycles. The quantitative estimate of drug-likeness (QED) is 0.0383. The molecule has 1 heterocycles. The SMILES string of the molecule is CCCCCCCCCCCCCCCCCCOC(=O)CCC(NC(=O)c1cc[n+](CC(=O)O)cc1)C(=O)OCCCCCCCCCCCCCCCCCC. The fraction of sp³-hybridized carbons (Fsp3) is 0.816. The summed E-state index contributed by atoms with van der Waals surface area (Å²) in [5.74, 6) is -2.43. The maximum atomic E-state index is 13.1. The number of carboxylic acids is 1. The highest BCUT2D eigenvalue weighted by Crippen LogP contribution is 2.16. The van der Waals surface area contributed by atoms with Gasteiger partial charge in [-0.05, 0) is 19.3 Å². The Kier molecular flexibility index (Phi) is 36.1. The lowest BCUT2D eigenvalue weighted by molar-refractivity contribution is -0.685. The first-order chi connectivity index (χ1) is 28.4. The van der Waals surface area contributed by atoms with Crippen LogP contribution in [0.15, 0.2) is 24.5 Å². The molecule has 9 heteroatoms. The van der Waals surface area contributed by atoms with Gasteiger partial charge in [-0.25, -0.2) is 9.59 Å². The smallest absolute Gasteiger partial charge is 0.370 e. The third-order valence-corrected chi connectivity index (χ3v) is 11.2. The van der Waals surface area contributed by atoms with Gasteiger partial charge in [0.25, 0.3) is 5.91 Å². The van der Waals surface area contributed by atoms with Crippen molar-refractivity contribution in [3.05, 3.63) is 30.1 Å². The Hall–Kier alpha value is -2.97. The molecular weight excluding hydrogens is 729 g/mol. The third kappa shape index (κ3) is 32.9. The topological polar surface area (TPSA) is 123 Å². The van der Waals surface area contributed by atoms with E-state index in [-0.39, 0.29) is 37.5 Å². The van der Waals surface area contributed by atoms with Crippen LogP contribution in [-0.4, -0.2) is 48.2 Å². The molecule has 1 aromatic heterocycles. The number of carboxylic acid groups (broad SMARTS) is 1. The van der Waals surface area contributed by atoms with Crippen LogP contribution in [0.5, 0.6) is 0 Å². The van der Waals surface area contributed by atoms with E-state index in [2.05, 4.69) is 19.2 Å². The van der Waals surface area contributed by atoms with E-state index < -0.39 is 23.9 Å². The molecule has 1 aromatic rings. The van der Waals surface area contributed by atoms with Crippen molar-refractivity contribution in [2.24, 2.45) is 0 Å². The molecule has 0 saturated carbocycles. The Morgan fingerprint density at radius 1 is 0.534 bits per heavy atom. The van der Waals surface area contributed by atoms with Crippen LogP contribution in [0, 0.1) is 0 Å². The van der Waals surface area contributed by atoms with E-state index in [0.717, 1.165) is 38.5 Å². The van der Waals surface area contributed by atoms with E-state index in [4.69, 9.17) is 14.6 Å². The molecular formula is C49H87N2O7+. The van der Waals surface area contributed by atoms with Crippen molar-refractivity contribution < 1.29 is 38.3 Å². The number of esters is 2. The molecule has 1 rings (SSSR count). The van der Waals surface area contributed by atoms with Crippen LogP contribution >= 0.6 is 0 Å². The van der Waals surface area contributed by atoms with Gasteiger partial charge in [0.15, 0.2) is 12.4 Å². The number of carbonyl (C=O) groups excluding carboxylic acids is 3. The van der Waals surface area contributed by atoms with E-state index in [1.807, 2.05) is 0 Å². The first-order valence-corrected chi connectivity index (χ1v) is 24.2. The van der Waals surface area contributed by atoms with Crippen molar-refractivity contribution >= 4 is 23.8 Å². The zero-order chi connectivity index (χ0) is 42.2. The second-order valence-electron chi connectivity index (χ2n) is 16.7. The van der Waals surface area contributed by atoms with Crippen molar-refractivity contribution in [1.29, 1.82) is 0 Å². The van der Waals surface area contributed by atoms with E-state index >= 15 is 0 Å².